The number of unbranched alkanes of at least 4 members (excludes halogenated alkanes) is 1. The van der Waals surface area contributed by atoms with E-state index in [9.17, 15) is 8.42 Å². The van der Waals surface area contributed by atoms with Gasteiger partial charge >= 0.3 is 0 Å². The van der Waals surface area contributed by atoms with Gasteiger partial charge in [-0.2, -0.15) is 5.26 Å². The molecule has 1 aliphatic rings. The molecule has 1 heterocycles. The molecule has 2 atom stereocenters. The predicted molar refractivity (Wildman–Crippen MR) is 62.2 cm³/mol. The highest BCUT2D eigenvalue weighted by Gasteiger charge is 2.30. The fourth-order valence-electron chi connectivity index (χ4n) is 1.99. The Bertz CT molecular complexity index is 361. The van der Waals surface area contributed by atoms with E-state index in [2.05, 4.69) is 9.62 Å². The number of sulfonamides is 1. The van der Waals surface area contributed by atoms with Crippen molar-refractivity contribution in [3.63, 3.8) is 0 Å². The van der Waals surface area contributed by atoms with Crippen LogP contribution in [0.1, 0.15) is 19.8 Å². The predicted octanol–water partition coefficient (Wildman–Crippen LogP) is 0.160. The summed E-state index contributed by atoms with van der Waals surface area (Å²) in [7, 11) is -1.23. The van der Waals surface area contributed by atoms with Crippen LogP contribution in [0.3, 0.4) is 0 Å². The van der Waals surface area contributed by atoms with E-state index in [4.69, 9.17) is 5.26 Å². The first-order valence-electron chi connectivity index (χ1n) is 5.50. The molecule has 1 aliphatic heterocycles. The highest BCUT2D eigenvalue weighted by molar-refractivity contribution is 7.89. The van der Waals surface area contributed by atoms with Gasteiger partial charge in [0.2, 0.25) is 10.0 Å². The van der Waals surface area contributed by atoms with Crippen LogP contribution in [-0.2, 0) is 10.0 Å². The first kappa shape index (κ1) is 13.4. The summed E-state index contributed by atoms with van der Waals surface area (Å²) in [5.74, 6) is 0.392. The fraction of sp³-hybridized carbons (Fsp3) is 0.900. The monoisotopic (exact) mass is 245 g/mol. The van der Waals surface area contributed by atoms with Crippen molar-refractivity contribution < 1.29 is 8.42 Å². The molecule has 92 valence electrons. The van der Waals surface area contributed by atoms with E-state index in [-0.39, 0.29) is 11.8 Å². The molecule has 1 rings (SSSR count). The molecule has 0 amide bonds. The normalized spacial score (nSPS) is 26.8. The van der Waals surface area contributed by atoms with Crippen LogP contribution in [0.15, 0.2) is 0 Å². The lowest BCUT2D eigenvalue weighted by atomic mass is 10.1. The number of nitriles is 1. The number of likely N-dealkylation sites (N-methyl/N-ethyl adjacent to an activating group) is 1. The Hall–Kier alpha value is -0.640. The summed E-state index contributed by atoms with van der Waals surface area (Å²) in [5.41, 5.74) is 0. The van der Waals surface area contributed by atoms with Gasteiger partial charge in [0.15, 0.2) is 0 Å². The second-order valence-corrected chi connectivity index (χ2v) is 6.38. The Morgan fingerprint density at radius 3 is 2.69 bits per heavy atom. The molecule has 5 nitrogen and oxygen atoms in total. The zero-order chi connectivity index (χ0) is 12.2. The maximum Gasteiger partial charge on any atom is 0.211 e. The van der Waals surface area contributed by atoms with Crippen molar-refractivity contribution >= 4 is 10.0 Å². The minimum absolute atomic E-state index is 0.0112. The van der Waals surface area contributed by atoms with Gasteiger partial charge in [0, 0.05) is 25.6 Å². The first-order chi connectivity index (χ1) is 7.44. The van der Waals surface area contributed by atoms with Crippen LogP contribution in [0.2, 0.25) is 0 Å². The van der Waals surface area contributed by atoms with Crippen molar-refractivity contribution in [3.8, 4) is 6.07 Å². The van der Waals surface area contributed by atoms with Crippen molar-refractivity contribution in [1.82, 2.24) is 9.62 Å². The lowest BCUT2D eigenvalue weighted by Crippen LogP contribution is -2.40. The summed E-state index contributed by atoms with van der Waals surface area (Å²) >= 11 is 0. The Labute approximate surface area is 97.5 Å². The molecule has 0 aromatic carbocycles. The number of nitrogens with zero attached hydrogens (tertiary/aromatic N) is 2. The van der Waals surface area contributed by atoms with Gasteiger partial charge in [0.1, 0.15) is 0 Å². The third-order valence-corrected chi connectivity index (χ3v) is 4.32. The third-order valence-electron chi connectivity index (χ3n) is 2.83. The van der Waals surface area contributed by atoms with E-state index in [1.807, 2.05) is 20.0 Å². The zero-order valence-electron chi connectivity index (χ0n) is 9.81. The Balaban J connectivity index is 2.44. The van der Waals surface area contributed by atoms with Gasteiger partial charge in [-0.05, 0) is 19.4 Å². The van der Waals surface area contributed by atoms with Crippen molar-refractivity contribution in [1.29, 1.82) is 5.26 Å². The molecule has 0 saturated carbocycles. The highest BCUT2D eigenvalue weighted by atomic mass is 32.2. The minimum atomic E-state index is -3.22. The van der Waals surface area contributed by atoms with E-state index in [1.165, 1.54) is 0 Å². The molecule has 6 heteroatoms. The largest absolute Gasteiger partial charge is 0.304 e. The molecule has 0 bridgehead atoms. The molecule has 0 aliphatic carbocycles. The average Bonchev–Trinajstić information content (AvgIpc) is 2.44. The number of hydrogen-bond donors (Lipinski definition) is 1. The molecular weight excluding hydrogens is 226 g/mol. The molecule has 1 N–H and O–H groups in total. The minimum Gasteiger partial charge on any atom is -0.304 e. The van der Waals surface area contributed by atoms with Gasteiger partial charge in [-0.15, -0.1) is 0 Å². The van der Waals surface area contributed by atoms with Gasteiger partial charge in [-0.3, -0.25) is 0 Å². The summed E-state index contributed by atoms with van der Waals surface area (Å²) < 4.78 is 26.1. The summed E-state index contributed by atoms with van der Waals surface area (Å²) in [5, 5.41) is 8.35. The Kier molecular flexibility index (Phi) is 4.71. The molecule has 0 aromatic heterocycles. The second kappa shape index (κ2) is 5.62. The Morgan fingerprint density at radius 2 is 2.19 bits per heavy atom. The summed E-state index contributed by atoms with van der Waals surface area (Å²) in [6.07, 6.45) is 0.698. The van der Waals surface area contributed by atoms with E-state index in [0.717, 1.165) is 13.1 Å². The molecule has 0 spiro atoms. The van der Waals surface area contributed by atoms with E-state index in [0.29, 0.717) is 18.8 Å². The summed E-state index contributed by atoms with van der Waals surface area (Å²) in [6, 6.07) is 1.96. The van der Waals surface area contributed by atoms with Crippen molar-refractivity contribution in [2.45, 2.75) is 25.8 Å². The Morgan fingerprint density at radius 1 is 1.50 bits per heavy atom. The van der Waals surface area contributed by atoms with Crippen molar-refractivity contribution in [3.05, 3.63) is 0 Å². The first-order valence-corrected chi connectivity index (χ1v) is 7.15. The molecule has 1 fully saturated rings. The average molecular weight is 245 g/mol. The number of hydrogen-bond acceptors (Lipinski definition) is 4. The van der Waals surface area contributed by atoms with Gasteiger partial charge in [-0.1, -0.05) is 6.92 Å². The summed E-state index contributed by atoms with van der Waals surface area (Å²) in [6.45, 7) is 3.73. The SMILES string of the molecule is C[C@H]1CN(C)C[C@@H]1NS(=O)(=O)CCCC#N. The standard InChI is InChI=1S/C10H19N3O2S/c1-9-7-13(2)8-10(9)12-16(14,15)6-4-3-5-11/h9-10,12H,3-4,6-8H2,1-2H3/t9-,10-/m0/s1. The molecule has 16 heavy (non-hydrogen) atoms. The van der Waals surface area contributed by atoms with Gasteiger partial charge in [0.25, 0.3) is 0 Å². The molecule has 0 aromatic rings. The lowest BCUT2D eigenvalue weighted by molar-refractivity contribution is 0.400. The quantitative estimate of drug-likeness (QED) is 0.700. The number of nitrogens with one attached hydrogen (secondary N) is 1. The van der Waals surface area contributed by atoms with E-state index in [1.54, 1.807) is 0 Å². The molecule has 0 radical (unpaired) electrons. The van der Waals surface area contributed by atoms with Crippen LogP contribution < -0.4 is 4.72 Å². The topological polar surface area (TPSA) is 73.2 Å². The summed E-state index contributed by atoms with van der Waals surface area (Å²) in [4.78, 5) is 2.12. The molecule has 0 unspecified atom stereocenters. The van der Waals surface area contributed by atoms with Crippen LogP contribution in [0.5, 0.6) is 0 Å². The van der Waals surface area contributed by atoms with Crippen LogP contribution in [0.4, 0.5) is 0 Å². The van der Waals surface area contributed by atoms with Crippen LogP contribution in [-0.4, -0.2) is 45.2 Å². The maximum atomic E-state index is 11.7. The molecule has 1 saturated heterocycles. The lowest BCUT2D eigenvalue weighted by Gasteiger charge is -2.16. The zero-order valence-corrected chi connectivity index (χ0v) is 10.6. The highest BCUT2D eigenvalue weighted by Crippen LogP contribution is 2.15. The molecular formula is C10H19N3O2S. The van der Waals surface area contributed by atoms with Gasteiger partial charge < -0.3 is 4.90 Å². The van der Waals surface area contributed by atoms with E-state index >= 15 is 0 Å². The smallest absolute Gasteiger partial charge is 0.211 e. The van der Waals surface area contributed by atoms with Crippen molar-refractivity contribution in [2.24, 2.45) is 5.92 Å². The van der Waals surface area contributed by atoms with Gasteiger partial charge in [-0.25, -0.2) is 13.1 Å². The second-order valence-electron chi connectivity index (χ2n) is 4.50. The fourth-order valence-corrected chi connectivity index (χ4v) is 3.40. The third kappa shape index (κ3) is 4.08. The maximum absolute atomic E-state index is 11.7. The van der Waals surface area contributed by atoms with Gasteiger partial charge in [0.05, 0.1) is 11.8 Å². The van der Waals surface area contributed by atoms with Crippen molar-refractivity contribution in [2.75, 3.05) is 25.9 Å². The number of likely N-dealkylation sites (tertiary alicyclic amines) is 1. The van der Waals surface area contributed by atoms with Crippen LogP contribution >= 0.6 is 0 Å². The van der Waals surface area contributed by atoms with Crippen LogP contribution in [0, 0.1) is 17.2 Å². The van der Waals surface area contributed by atoms with E-state index < -0.39 is 10.0 Å². The number of rotatable bonds is 5. The van der Waals surface area contributed by atoms with Crippen LogP contribution in [0.25, 0.3) is 0 Å².